The molecule has 0 radical (unpaired) electrons. The van der Waals surface area contributed by atoms with Gasteiger partial charge in [0, 0.05) is 0 Å². The first kappa shape index (κ1) is 16.2. The number of hydrogen-bond acceptors (Lipinski definition) is 4. The number of esters is 1. The molecule has 0 unspecified atom stereocenters. The molecule has 2 rings (SSSR count). The Morgan fingerprint density at radius 3 is 1.83 bits per heavy atom. The molecule has 0 saturated heterocycles. The first-order chi connectivity index (χ1) is 11.1. The summed E-state index contributed by atoms with van der Waals surface area (Å²) >= 11 is 0. The molecular weight excluding hydrogens is 292 g/mol. The molecule has 0 saturated carbocycles. The maximum absolute atomic E-state index is 11.8. The highest BCUT2D eigenvalue weighted by Crippen LogP contribution is 2.39. The number of aliphatic hydroxyl groups excluding tert-OH is 1. The molecule has 0 aliphatic carbocycles. The highest BCUT2D eigenvalue weighted by Gasteiger charge is 2.43. The maximum Gasteiger partial charge on any atom is 0.506 e. The maximum atomic E-state index is 11.8. The number of carbonyl (C=O) groups is 1. The van der Waals surface area contributed by atoms with Crippen LogP contribution in [0.1, 0.15) is 18.1 Å². The third kappa shape index (κ3) is 2.92. The van der Waals surface area contributed by atoms with Crippen LogP contribution in [0.15, 0.2) is 72.1 Å². The van der Waals surface area contributed by atoms with Gasteiger partial charge in [0.25, 0.3) is 0 Å². The topological polar surface area (TPSA) is 74.7 Å². The number of benzene rings is 2. The van der Waals surface area contributed by atoms with E-state index in [0.717, 1.165) is 18.2 Å². The van der Waals surface area contributed by atoms with Gasteiger partial charge in [-0.15, -0.1) is 0 Å². The van der Waals surface area contributed by atoms with E-state index >= 15 is 0 Å². The van der Waals surface area contributed by atoms with Crippen LogP contribution in [0.4, 0.5) is 0 Å². The Morgan fingerprint density at radius 2 is 1.48 bits per heavy atom. The molecule has 116 valence electrons. The van der Waals surface area contributed by atoms with E-state index in [-0.39, 0.29) is 5.76 Å². The van der Waals surface area contributed by atoms with Gasteiger partial charge in [0.2, 0.25) is 11.2 Å². The molecule has 0 spiro atoms. The smallest absolute Gasteiger partial charge is 0.504 e. The third-order valence-electron chi connectivity index (χ3n) is 3.88. The van der Waals surface area contributed by atoms with Crippen molar-refractivity contribution in [3.63, 3.8) is 0 Å². The summed E-state index contributed by atoms with van der Waals surface area (Å²) < 4.78 is 4.58. The van der Waals surface area contributed by atoms with E-state index in [1.807, 2.05) is 60.7 Å². The van der Waals surface area contributed by atoms with Crippen molar-refractivity contribution in [2.75, 3.05) is 7.11 Å². The fraction of sp³-hybridized carbons (Fsp3) is 0.167. The van der Waals surface area contributed by atoms with Crippen LogP contribution in [0.5, 0.6) is 0 Å². The van der Waals surface area contributed by atoms with E-state index in [1.165, 1.54) is 0 Å². The predicted molar refractivity (Wildman–Crippen MR) is 86.1 cm³/mol. The summed E-state index contributed by atoms with van der Waals surface area (Å²) in [5, 5.41) is 19.9. The molecular formula is C18H17N2O3+. The average molecular weight is 309 g/mol. The second-order valence-electron chi connectivity index (χ2n) is 5.15. The van der Waals surface area contributed by atoms with Crippen LogP contribution in [-0.2, 0) is 14.9 Å². The van der Waals surface area contributed by atoms with Gasteiger partial charge in [0.15, 0.2) is 4.98 Å². The molecule has 0 atom stereocenters. The number of ether oxygens (including phenoxy) is 1. The van der Waals surface area contributed by atoms with Gasteiger partial charge >= 0.3 is 11.7 Å². The van der Waals surface area contributed by atoms with E-state index in [2.05, 4.69) is 9.71 Å². The van der Waals surface area contributed by atoms with Crippen molar-refractivity contribution in [3.05, 3.63) is 88.2 Å². The molecule has 5 nitrogen and oxygen atoms in total. The summed E-state index contributed by atoms with van der Waals surface area (Å²) in [6.07, 6.45) is 0. The Bertz CT molecular complexity index is 722. The number of carbonyl (C=O) groups excluding carboxylic acids is 1. The monoisotopic (exact) mass is 309 g/mol. The summed E-state index contributed by atoms with van der Waals surface area (Å²) in [7, 11) is 1.16. The highest BCUT2D eigenvalue weighted by molar-refractivity contribution is 5.91. The van der Waals surface area contributed by atoms with Gasteiger partial charge < -0.3 is 9.84 Å². The van der Waals surface area contributed by atoms with Crippen LogP contribution in [0.25, 0.3) is 4.98 Å². The summed E-state index contributed by atoms with van der Waals surface area (Å²) in [4.78, 5) is 14.7. The Morgan fingerprint density at radius 1 is 1.04 bits per heavy atom. The van der Waals surface area contributed by atoms with Gasteiger partial charge in [-0.05, 0) is 18.1 Å². The SMILES string of the molecule is COC(=O)/C([N+]#N)=C(\O)C(C)(c1ccccc1)c1ccccc1. The Kier molecular flexibility index (Phi) is 4.77. The predicted octanol–water partition coefficient (Wildman–Crippen LogP) is 3.79. The number of nitrogens with zero attached hydrogens (tertiary/aromatic N) is 2. The number of rotatable bonds is 4. The molecule has 1 N–H and O–H groups in total. The summed E-state index contributed by atoms with van der Waals surface area (Å²) in [6.45, 7) is 1.75. The lowest BCUT2D eigenvalue weighted by Crippen LogP contribution is -2.28. The minimum Gasteiger partial charge on any atom is -0.504 e. The third-order valence-corrected chi connectivity index (χ3v) is 3.88. The number of aliphatic hydroxyl groups is 1. The van der Waals surface area contributed by atoms with Crippen LogP contribution in [0.3, 0.4) is 0 Å². The second-order valence-corrected chi connectivity index (χ2v) is 5.15. The Balaban J connectivity index is 2.77. The van der Waals surface area contributed by atoms with Crippen LogP contribution in [-0.4, -0.2) is 18.2 Å². The molecule has 0 aliphatic rings. The summed E-state index contributed by atoms with van der Waals surface area (Å²) in [5.41, 5.74) is -0.108. The fourth-order valence-electron chi connectivity index (χ4n) is 2.50. The molecule has 23 heavy (non-hydrogen) atoms. The van der Waals surface area contributed by atoms with Crippen molar-refractivity contribution in [2.24, 2.45) is 0 Å². The highest BCUT2D eigenvalue weighted by atomic mass is 16.5. The standard InChI is InChI=1S/C18H16N2O3/c1-18(13-9-5-3-6-10-13,14-11-7-4-8-12-14)16(21)15(20-19)17(22)23-2/h3-12H,1-2H3/p+1. The first-order valence-corrected chi connectivity index (χ1v) is 7.04. The van der Waals surface area contributed by atoms with E-state index in [9.17, 15) is 9.90 Å². The van der Waals surface area contributed by atoms with E-state index in [4.69, 9.17) is 5.39 Å². The molecule has 0 fully saturated rings. The van der Waals surface area contributed by atoms with Gasteiger partial charge in [-0.3, -0.25) is 0 Å². The number of methoxy groups -OCH3 is 1. The lowest BCUT2D eigenvalue weighted by Gasteiger charge is -2.28. The molecule has 0 amide bonds. The van der Waals surface area contributed by atoms with Crippen LogP contribution >= 0.6 is 0 Å². The number of diazo groups is 1. The molecule has 2 aromatic carbocycles. The van der Waals surface area contributed by atoms with Crippen molar-refractivity contribution in [3.8, 4) is 0 Å². The molecule has 0 aliphatic heterocycles. The molecule has 0 aromatic heterocycles. The molecule has 5 heteroatoms. The van der Waals surface area contributed by atoms with Crippen LogP contribution < -0.4 is 0 Å². The second kappa shape index (κ2) is 6.75. The van der Waals surface area contributed by atoms with Gasteiger partial charge in [0.1, 0.15) is 0 Å². The van der Waals surface area contributed by atoms with E-state index in [0.29, 0.717) is 0 Å². The largest absolute Gasteiger partial charge is 0.506 e. The van der Waals surface area contributed by atoms with Gasteiger partial charge in [-0.1, -0.05) is 60.7 Å². The zero-order chi connectivity index (χ0) is 16.9. The number of allylic oxidation sites excluding steroid dienone is 1. The first-order valence-electron chi connectivity index (χ1n) is 7.04. The van der Waals surface area contributed by atoms with Crippen molar-refractivity contribution in [1.82, 2.24) is 0 Å². The van der Waals surface area contributed by atoms with E-state index < -0.39 is 17.1 Å². The van der Waals surface area contributed by atoms with Crippen LogP contribution in [0, 0.1) is 5.39 Å². The minimum atomic E-state index is -1.07. The summed E-state index contributed by atoms with van der Waals surface area (Å²) in [5.74, 6) is -1.30. The summed E-state index contributed by atoms with van der Waals surface area (Å²) in [6, 6.07) is 18.3. The molecule has 2 aromatic rings. The van der Waals surface area contributed by atoms with Crippen molar-refractivity contribution in [2.45, 2.75) is 12.3 Å². The lowest BCUT2D eigenvalue weighted by molar-refractivity contribution is -0.136. The van der Waals surface area contributed by atoms with E-state index in [1.54, 1.807) is 6.92 Å². The minimum absolute atomic E-state index is 0.385. The lowest BCUT2D eigenvalue weighted by atomic mass is 9.74. The van der Waals surface area contributed by atoms with Crippen LogP contribution in [0.2, 0.25) is 0 Å². The Hall–Kier alpha value is -3.13. The number of hydrogen-bond donors (Lipinski definition) is 1. The quantitative estimate of drug-likeness (QED) is 0.403. The normalized spacial score (nSPS) is 12.0. The van der Waals surface area contributed by atoms with Crippen molar-refractivity contribution in [1.29, 1.82) is 5.39 Å². The Labute approximate surface area is 134 Å². The van der Waals surface area contributed by atoms with Crippen molar-refractivity contribution < 1.29 is 14.6 Å². The van der Waals surface area contributed by atoms with Gasteiger partial charge in [0.05, 0.1) is 12.5 Å². The van der Waals surface area contributed by atoms with Gasteiger partial charge in [-0.2, -0.15) is 0 Å². The fourth-order valence-corrected chi connectivity index (χ4v) is 2.50. The van der Waals surface area contributed by atoms with Gasteiger partial charge in [-0.25, -0.2) is 4.79 Å². The zero-order valence-corrected chi connectivity index (χ0v) is 12.9. The molecule has 0 heterocycles. The zero-order valence-electron chi connectivity index (χ0n) is 12.9. The molecule has 0 bridgehead atoms. The van der Waals surface area contributed by atoms with Crippen molar-refractivity contribution >= 4 is 5.97 Å². The average Bonchev–Trinajstić information content (AvgIpc) is 2.62.